The van der Waals surface area contributed by atoms with Gasteiger partial charge in [0.2, 0.25) is 0 Å². The molecule has 21 heavy (non-hydrogen) atoms. The number of benzene rings is 1. The van der Waals surface area contributed by atoms with Gasteiger partial charge in [0.25, 0.3) is 0 Å². The van der Waals surface area contributed by atoms with E-state index < -0.39 is 18.0 Å². The van der Waals surface area contributed by atoms with Crippen molar-refractivity contribution >= 4 is 12.0 Å². The Bertz CT molecular complexity index is 448. The molecule has 2 atom stereocenters. The van der Waals surface area contributed by atoms with Gasteiger partial charge in [0.1, 0.15) is 0 Å². The maximum Gasteiger partial charge on any atom is 0.330 e. The minimum Gasteiger partial charge on any atom is -0.479 e. The molecule has 1 rings (SSSR count). The minimum absolute atomic E-state index is 0.0294. The Morgan fingerprint density at radius 1 is 1.14 bits per heavy atom. The van der Waals surface area contributed by atoms with Crippen molar-refractivity contribution in [3.05, 3.63) is 35.9 Å². The summed E-state index contributed by atoms with van der Waals surface area (Å²) in [7, 11) is 0. The van der Waals surface area contributed by atoms with Crippen molar-refractivity contribution in [2.75, 3.05) is 0 Å². The van der Waals surface area contributed by atoms with E-state index in [1.807, 2.05) is 6.92 Å². The summed E-state index contributed by atoms with van der Waals surface area (Å²) in [4.78, 5) is 23.2. The van der Waals surface area contributed by atoms with E-state index in [4.69, 9.17) is 0 Å². The zero-order valence-corrected chi connectivity index (χ0v) is 12.6. The molecular formula is C16H24N2O3. The fourth-order valence-electron chi connectivity index (χ4n) is 2.10. The number of carboxylic acid groups (broad SMARTS) is 1. The summed E-state index contributed by atoms with van der Waals surface area (Å²) in [5, 5.41) is 14.5. The van der Waals surface area contributed by atoms with Crippen molar-refractivity contribution in [1.82, 2.24) is 10.6 Å². The summed E-state index contributed by atoms with van der Waals surface area (Å²) in [5.41, 5.74) is 0.554. The Morgan fingerprint density at radius 3 is 2.38 bits per heavy atom. The molecule has 0 aliphatic carbocycles. The maximum atomic E-state index is 11.9. The Morgan fingerprint density at radius 2 is 1.81 bits per heavy atom. The Labute approximate surface area is 125 Å². The van der Waals surface area contributed by atoms with Crippen LogP contribution >= 0.6 is 0 Å². The molecule has 0 heterocycles. The second kappa shape index (κ2) is 9.00. The number of rotatable bonds is 8. The van der Waals surface area contributed by atoms with Gasteiger partial charge in [-0.15, -0.1) is 0 Å². The number of carbonyl (C=O) groups excluding carboxylic acids is 1. The highest BCUT2D eigenvalue weighted by molar-refractivity contribution is 5.83. The van der Waals surface area contributed by atoms with E-state index in [-0.39, 0.29) is 6.04 Å². The standard InChI is InChI=1S/C16H24N2O3/c1-3-4-6-9-12(2)17-16(21)18-14(15(19)20)13-10-7-5-8-11-13/h5,7-8,10-12,14H,3-4,6,9H2,1-2H3,(H,19,20)(H2,17,18,21). The number of nitrogens with one attached hydrogen (secondary N) is 2. The van der Waals surface area contributed by atoms with Crippen molar-refractivity contribution in [1.29, 1.82) is 0 Å². The smallest absolute Gasteiger partial charge is 0.330 e. The van der Waals surface area contributed by atoms with Crippen LogP contribution in [0.3, 0.4) is 0 Å². The molecule has 0 aromatic heterocycles. The van der Waals surface area contributed by atoms with Crippen LogP contribution in [0, 0.1) is 0 Å². The molecule has 0 bridgehead atoms. The average molecular weight is 292 g/mol. The van der Waals surface area contributed by atoms with Crippen LogP contribution < -0.4 is 10.6 Å². The highest BCUT2D eigenvalue weighted by Gasteiger charge is 2.22. The SMILES string of the molecule is CCCCCC(C)NC(=O)NC(C(=O)O)c1ccccc1. The quantitative estimate of drug-likeness (QED) is 0.644. The minimum atomic E-state index is -1.07. The zero-order chi connectivity index (χ0) is 15.7. The van der Waals surface area contributed by atoms with Gasteiger partial charge in [-0.3, -0.25) is 0 Å². The van der Waals surface area contributed by atoms with E-state index in [9.17, 15) is 14.7 Å². The predicted molar refractivity (Wildman–Crippen MR) is 82.1 cm³/mol. The lowest BCUT2D eigenvalue weighted by atomic mass is 10.1. The van der Waals surface area contributed by atoms with Gasteiger partial charge in [-0.2, -0.15) is 0 Å². The van der Waals surface area contributed by atoms with Crippen LogP contribution in [-0.4, -0.2) is 23.1 Å². The molecule has 0 fully saturated rings. The summed E-state index contributed by atoms with van der Waals surface area (Å²) >= 11 is 0. The molecule has 0 spiro atoms. The van der Waals surface area contributed by atoms with Gasteiger partial charge in [-0.25, -0.2) is 9.59 Å². The summed E-state index contributed by atoms with van der Waals surface area (Å²) in [5.74, 6) is -1.07. The van der Waals surface area contributed by atoms with E-state index in [0.717, 1.165) is 25.7 Å². The number of aliphatic carboxylic acids is 1. The molecule has 5 heteroatoms. The monoisotopic (exact) mass is 292 g/mol. The van der Waals surface area contributed by atoms with Crippen LogP contribution in [0.1, 0.15) is 51.1 Å². The molecule has 5 nitrogen and oxygen atoms in total. The highest BCUT2D eigenvalue weighted by Crippen LogP contribution is 2.12. The predicted octanol–water partition coefficient (Wildman–Crippen LogP) is 3.08. The van der Waals surface area contributed by atoms with Crippen molar-refractivity contribution in [2.45, 2.75) is 51.6 Å². The highest BCUT2D eigenvalue weighted by atomic mass is 16.4. The van der Waals surface area contributed by atoms with Gasteiger partial charge in [0.15, 0.2) is 6.04 Å². The maximum absolute atomic E-state index is 11.9. The molecule has 0 aliphatic heterocycles. The fraction of sp³-hybridized carbons (Fsp3) is 0.500. The van der Waals surface area contributed by atoms with E-state index >= 15 is 0 Å². The second-order valence-corrected chi connectivity index (χ2v) is 5.20. The first-order chi connectivity index (χ1) is 10.0. The summed E-state index contributed by atoms with van der Waals surface area (Å²) in [6, 6.07) is 7.22. The van der Waals surface area contributed by atoms with Crippen molar-refractivity contribution in [2.24, 2.45) is 0 Å². The third-order valence-electron chi connectivity index (χ3n) is 3.27. The summed E-state index contributed by atoms with van der Waals surface area (Å²) < 4.78 is 0. The first-order valence-corrected chi connectivity index (χ1v) is 7.39. The molecule has 1 aromatic carbocycles. The van der Waals surface area contributed by atoms with Crippen molar-refractivity contribution < 1.29 is 14.7 Å². The molecule has 0 radical (unpaired) electrons. The average Bonchev–Trinajstić information content (AvgIpc) is 2.45. The lowest BCUT2D eigenvalue weighted by Gasteiger charge is -2.18. The van der Waals surface area contributed by atoms with Gasteiger partial charge in [0.05, 0.1) is 0 Å². The third-order valence-corrected chi connectivity index (χ3v) is 3.27. The molecule has 2 amide bonds. The summed E-state index contributed by atoms with van der Waals surface area (Å²) in [6.45, 7) is 4.05. The van der Waals surface area contributed by atoms with Gasteiger partial charge in [-0.1, -0.05) is 56.5 Å². The lowest BCUT2D eigenvalue weighted by Crippen LogP contribution is -2.44. The van der Waals surface area contributed by atoms with E-state index in [1.165, 1.54) is 0 Å². The van der Waals surface area contributed by atoms with E-state index in [2.05, 4.69) is 17.6 Å². The lowest BCUT2D eigenvalue weighted by molar-refractivity contribution is -0.139. The number of unbranched alkanes of at least 4 members (excludes halogenated alkanes) is 2. The van der Waals surface area contributed by atoms with E-state index in [0.29, 0.717) is 5.56 Å². The van der Waals surface area contributed by atoms with Crippen LogP contribution in [0.4, 0.5) is 4.79 Å². The Kier molecular flexibility index (Phi) is 7.29. The van der Waals surface area contributed by atoms with Crippen molar-refractivity contribution in [3.63, 3.8) is 0 Å². The first-order valence-electron chi connectivity index (χ1n) is 7.39. The molecule has 1 aromatic rings. The number of amides is 2. The molecule has 116 valence electrons. The molecule has 3 N–H and O–H groups in total. The van der Waals surface area contributed by atoms with Gasteiger partial charge in [-0.05, 0) is 18.9 Å². The first kappa shape index (κ1) is 17.0. The molecule has 0 aliphatic rings. The normalized spacial score (nSPS) is 13.2. The van der Waals surface area contributed by atoms with E-state index in [1.54, 1.807) is 30.3 Å². The number of carboxylic acids is 1. The van der Waals surface area contributed by atoms with Crippen LogP contribution in [-0.2, 0) is 4.79 Å². The largest absolute Gasteiger partial charge is 0.479 e. The van der Waals surface area contributed by atoms with Gasteiger partial charge < -0.3 is 15.7 Å². The topological polar surface area (TPSA) is 78.4 Å². The molecule has 0 saturated carbocycles. The fourth-order valence-corrected chi connectivity index (χ4v) is 2.10. The molecular weight excluding hydrogens is 268 g/mol. The number of urea groups is 1. The molecule has 0 saturated heterocycles. The Balaban J connectivity index is 2.52. The number of carbonyl (C=O) groups is 2. The van der Waals surface area contributed by atoms with Crippen LogP contribution in [0.15, 0.2) is 30.3 Å². The zero-order valence-electron chi connectivity index (χ0n) is 12.6. The summed E-state index contributed by atoms with van der Waals surface area (Å²) in [6.07, 6.45) is 4.22. The van der Waals surface area contributed by atoms with Crippen LogP contribution in [0.2, 0.25) is 0 Å². The van der Waals surface area contributed by atoms with Crippen LogP contribution in [0.5, 0.6) is 0 Å². The number of hydrogen-bond donors (Lipinski definition) is 3. The van der Waals surface area contributed by atoms with Gasteiger partial charge >= 0.3 is 12.0 Å². The van der Waals surface area contributed by atoms with Gasteiger partial charge in [0, 0.05) is 6.04 Å². The Hall–Kier alpha value is -2.04. The number of hydrogen-bond acceptors (Lipinski definition) is 2. The second-order valence-electron chi connectivity index (χ2n) is 5.20. The van der Waals surface area contributed by atoms with Crippen molar-refractivity contribution in [3.8, 4) is 0 Å². The molecule has 2 unspecified atom stereocenters. The van der Waals surface area contributed by atoms with Crippen LogP contribution in [0.25, 0.3) is 0 Å². The third kappa shape index (κ3) is 6.29.